The summed E-state index contributed by atoms with van der Waals surface area (Å²) in [6.45, 7) is 5.27. The molecule has 1 fully saturated rings. The highest BCUT2D eigenvalue weighted by Gasteiger charge is 2.25. The van der Waals surface area contributed by atoms with Crippen LogP contribution in [0.4, 0.5) is 5.69 Å². The number of thioether (sulfide) groups is 1. The van der Waals surface area contributed by atoms with Gasteiger partial charge in [0.1, 0.15) is 0 Å². The third-order valence-electron chi connectivity index (χ3n) is 4.17. The van der Waals surface area contributed by atoms with Crippen molar-refractivity contribution in [1.29, 1.82) is 0 Å². The van der Waals surface area contributed by atoms with Crippen molar-refractivity contribution in [3.63, 3.8) is 0 Å². The van der Waals surface area contributed by atoms with Crippen LogP contribution in [-0.4, -0.2) is 42.2 Å². The number of benzene rings is 2. The first kappa shape index (κ1) is 17.2. The van der Waals surface area contributed by atoms with Crippen LogP contribution in [0, 0.1) is 0 Å². The van der Waals surface area contributed by atoms with Gasteiger partial charge in [-0.05, 0) is 37.3 Å². The van der Waals surface area contributed by atoms with Crippen LogP contribution in [0.3, 0.4) is 0 Å². The van der Waals surface area contributed by atoms with Gasteiger partial charge in [0, 0.05) is 41.8 Å². The van der Waals surface area contributed by atoms with Crippen molar-refractivity contribution in [1.82, 2.24) is 4.90 Å². The van der Waals surface area contributed by atoms with Crippen molar-refractivity contribution < 1.29 is 4.79 Å². The lowest BCUT2D eigenvalue weighted by atomic mass is 10.2. The Morgan fingerprint density at radius 1 is 1.04 bits per heavy atom. The average molecular weight is 361 g/mol. The maximum atomic E-state index is 12.7. The van der Waals surface area contributed by atoms with E-state index in [1.165, 1.54) is 5.69 Å². The summed E-state index contributed by atoms with van der Waals surface area (Å²) in [4.78, 5) is 18.0. The van der Waals surface area contributed by atoms with Crippen molar-refractivity contribution in [3.05, 3.63) is 59.6 Å². The lowest BCUT2D eigenvalue weighted by Crippen LogP contribution is -2.50. The van der Waals surface area contributed by atoms with Crippen molar-refractivity contribution in [2.45, 2.75) is 17.1 Å². The second-order valence-corrected chi connectivity index (χ2v) is 7.72. The van der Waals surface area contributed by atoms with Gasteiger partial charge in [-0.2, -0.15) is 0 Å². The van der Waals surface area contributed by atoms with Crippen LogP contribution in [0.2, 0.25) is 5.02 Å². The van der Waals surface area contributed by atoms with Gasteiger partial charge in [-0.1, -0.05) is 35.9 Å². The van der Waals surface area contributed by atoms with E-state index in [1.54, 1.807) is 11.8 Å². The van der Waals surface area contributed by atoms with Gasteiger partial charge in [-0.25, -0.2) is 0 Å². The molecular weight excluding hydrogens is 340 g/mol. The van der Waals surface area contributed by atoms with Gasteiger partial charge < -0.3 is 9.80 Å². The molecule has 24 heavy (non-hydrogen) atoms. The number of carbonyl (C=O) groups excluding carboxylic acids is 1. The van der Waals surface area contributed by atoms with Crippen LogP contribution in [-0.2, 0) is 4.79 Å². The summed E-state index contributed by atoms with van der Waals surface area (Å²) < 4.78 is 0. The Balaban J connectivity index is 1.55. The third-order valence-corrected chi connectivity index (χ3v) is 5.49. The molecule has 1 saturated heterocycles. The minimum Gasteiger partial charge on any atom is -0.368 e. The molecule has 1 amide bonds. The summed E-state index contributed by atoms with van der Waals surface area (Å²) in [7, 11) is 0. The molecule has 0 radical (unpaired) electrons. The highest BCUT2D eigenvalue weighted by molar-refractivity contribution is 8.00. The number of piperazine rings is 1. The van der Waals surface area contributed by atoms with Crippen LogP contribution in [0.15, 0.2) is 59.5 Å². The van der Waals surface area contributed by atoms with E-state index in [2.05, 4.69) is 29.2 Å². The molecule has 0 aliphatic carbocycles. The topological polar surface area (TPSA) is 23.6 Å². The average Bonchev–Trinajstić information content (AvgIpc) is 2.62. The summed E-state index contributed by atoms with van der Waals surface area (Å²) in [5.41, 5.74) is 1.23. The van der Waals surface area contributed by atoms with E-state index in [1.807, 2.05) is 42.2 Å². The molecule has 0 aromatic heterocycles. The maximum absolute atomic E-state index is 12.7. The molecule has 1 aliphatic heterocycles. The maximum Gasteiger partial charge on any atom is 0.235 e. The Morgan fingerprint density at radius 3 is 2.42 bits per heavy atom. The number of rotatable bonds is 4. The molecule has 1 heterocycles. The summed E-state index contributed by atoms with van der Waals surface area (Å²) in [5.74, 6) is 0.202. The Bertz CT molecular complexity index is 687. The minimum absolute atomic E-state index is 0.105. The molecule has 126 valence electrons. The fourth-order valence-corrected chi connectivity index (χ4v) is 4.14. The molecule has 3 nitrogen and oxygen atoms in total. The largest absolute Gasteiger partial charge is 0.368 e. The van der Waals surface area contributed by atoms with E-state index in [0.29, 0.717) is 5.02 Å². The number of amides is 1. The zero-order chi connectivity index (χ0) is 16.9. The Labute approximate surface area is 152 Å². The van der Waals surface area contributed by atoms with E-state index in [-0.39, 0.29) is 11.2 Å². The van der Waals surface area contributed by atoms with E-state index < -0.39 is 0 Å². The lowest BCUT2D eigenvalue weighted by molar-refractivity contribution is -0.130. The van der Waals surface area contributed by atoms with Crippen molar-refractivity contribution in [2.75, 3.05) is 31.1 Å². The number of carbonyl (C=O) groups is 1. The van der Waals surface area contributed by atoms with Crippen molar-refractivity contribution in [2.24, 2.45) is 0 Å². The zero-order valence-electron chi connectivity index (χ0n) is 13.7. The quantitative estimate of drug-likeness (QED) is 0.764. The molecule has 3 rings (SSSR count). The summed E-state index contributed by atoms with van der Waals surface area (Å²) in [5, 5.41) is 0.600. The first-order valence-electron chi connectivity index (χ1n) is 8.14. The molecular formula is C19H21ClN2OS. The van der Waals surface area contributed by atoms with Gasteiger partial charge in [-0.15, -0.1) is 11.8 Å². The van der Waals surface area contributed by atoms with Crippen molar-refractivity contribution >= 4 is 35.0 Å². The number of anilines is 1. The third kappa shape index (κ3) is 4.25. The molecule has 1 aliphatic rings. The molecule has 5 heteroatoms. The Morgan fingerprint density at radius 2 is 1.75 bits per heavy atom. The molecule has 2 aromatic rings. The van der Waals surface area contributed by atoms with Crippen LogP contribution in [0.5, 0.6) is 0 Å². The van der Waals surface area contributed by atoms with Gasteiger partial charge >= 0.3 is 0 Å². The van der Waals surface area contributed by atoms with Crippen molar-refractivity contribution in [3.8, 4) is 0 Å². The highest BCUT2D eigenvalue weighted by atomic mass is 35.5. The smallest absolute Gasteiger partial charge is 0.235 e. The Hall–Kier alpha value is -1.65. The fourth-order valence-electron chi connectivity index (χ4n) is 2.88. The molecule has 1 atom stereocenters. The van der Waals surface area contributed by atoms with Crippen LogP contribution < -0.4 is 4.90 Å². The molecule has 0 bridgehead atoms. The highest BCUT2D eigenvalue weighted by Crippen LogP contribution is 2.27. The van der Waals surface area contributed by atoms with Crippen LogP contribution in [0.25, 0.3) is 0 Å². The summed E-state index contributed by atoms with van der Waals surface area (Å²) in [6.07, 6.45) is 0. The predicted octanol–water partition coefficient (Wildman–Crippen LogP) is 4.17. The lowest BCUT2D eigenvalue weighted by Gasteiger charge is -2.37. The normalized spacial score (nSPS) is 16.1. The first-order chi connectivity index (χ1) is 11.6. The van der Waals surface area contributed by atoms with Gasteiger partial charge in [0.15, 0.2) is 0 Å². The number of hydrogen-bond acceptors (Lipinski definition) is 3. The Kier molecular flexibility index (Phi) is 5.69. The zero-order valence-corrected chi connectivity index (χ0v) is 15.3. The van der Waals surface area contributed by atoms with Gasteiger partial charge in [0.05, 0.1) is 5.25 Å². The minimum atomic E-state index is -0.105. The fraction of sp³-hybridized carbons (Fsp3) is 0.316. The van der Waals surface area contributed by atoms with E-state index in [0.717, 1.165) is 31.1 Å². The van der Waals surface area contributed by atoms with Gasteiger partial charge in [0.25, 0.3) is 0 Å². The number of nitrogens with zero attached hydrogens (tertiary/aromatic N) is 2. The molecule has 1 unspecified atom stereocenters. The van der Waals surface area contributed by atoms with E-state index >= 15 is 0 Å². The standard InChI is InChI=1S/C19H21ClN2OS/c1-15(24-18-9-5-6-16(20)14-18)19(23)22-12-10-21(11-13-22)17-7-3-2-4-8-17/h2-9,14-15H,10-13H2,1H3. The van der Waals surface area contributed by atoms with Gasteiger partial charge in [-0.3, -0.25) is 4.79 Å². The number of para-hydroxylation sites is 1. The van der Waals surface area contributed by atoms with Crippen LogP contribution >= 0.6 is 23.4 Å². The summed E-state index contributed by atoms with van der Waals surface area (Å²) >= 11 is 7.58. The molecule has 0 spiro atoms. The first-order valence-corrected chi connectivity index (χ1v) is 9.40. The number of hydrogen-bond donors (Lipinski definition) is 0. The predicted molar refractivity (Wildman–Crippen MR) is 102 cm³/mol. The molecule has 0 saturated carbocycles. The van der Waals surface area contributed by atoms with E-state index in [4.69, 9.17) is 11.6 Å². The monoisotopic (exact) mass is 360 g/mol. The molecule has 0 N–H and O–H groups in total. The van der Waals surface area contributed by atoms with Gasteiger partial charge in [0.2, 0.25) is 5.91 Å². The van der Waals surface area contributed by atoms with Crippen LogP contribution in [0.1, 0.15) is 6.92 Å². The number of halogens is 1. The summed E-state index contributed by atoms with van der Waals surface area (Å²) in [6, 6.07) is 18.0. The second-order valence-electron chi connectivity index (χ2n) is 5.87. The van der Waals surface area contributed by atoms with E-state index in [9.17, 15) is 4.79 Å². The SMILES string of the molecule is CC(Sc1cccc(Cl)c1)C(=O)N1CCN(c2ccccc2)CC1. The second kappa shape index (κ2) is 7.95. The molecule has 2 aromatic carbocycles.